The number of thiazole rings is 1. The molecule has 0 amide bonds. The van der Waals surface area contributed by atoms with E-state index in [-0.39, 0.29) is 24.0 Å². The van der Waals surface area contributed by atoms with Crippen LogP contribution in [0.2, 0.25) is 0 Å². The van der Waals surface area contributed by atoms with E-state index in [0.29, 0.717) is 26.4 Å². The van der Waals surface area contributed by atoms with Crippen LogP contribution in [0.25, 0.3) is 11.8 Å². The molecule has 0 saturated heterocycles. The van der Waals surface area contributed by atoms with Crippen LogP contribution in [0.15, 0.2) is 99.6 Å². The van der Waals surface area contributed by atoms with Gasteiger partial charge in [-0.1, -0.05) is 65.9 Å². The number of fused-ring (bicyclic) bond motifs is 3. The molecule has 0 bridgehead atoms. The first-order valence-corrected chi connectivity index (χ1v) is 15.0. The number of allylic oxidation sites excluding steroid dienone is 1. The number of benzene rings is 3. The summed E-state index contributed by atoms with van der Waals surface area (Å²) in [5.41, 5.74) is 5.85. The summed E-state index contributed by atoms with van der Waals surface area (Å²) in [6.45, 7) is 0.0808. The van der Waals surface area contributed by atoms with Crippen LogP contribution in [-0.2, 0) is 13.0 Å². The molecule has 8 heteroatoms. The largest absolute Gasteiger partial charge is 0.493 e. The lowest BCUT2D eigenvalue weighted by Crippen LogP contribution is -2.38. The number of hydrogen-bond acceptors (Lipinski definition) is 6. The van der Waals surface area contributed by atoms with Gasteiger partial charge in [-0.3, -0.25) is 9.36 Å². The molecule has 1 atom stereocenters. The molecule has 3 aromatic carbocycles. The summed E-state index contributed by atoms with van der Waals surface area (Å²) in [6.07, 6.45) is 3.67. The lowest BCUT2D eigenvalue weighted by atomic mass is 9.85. The highest BCUT2D eigenvalue weighted by atomic mass is 32.1. The zero-order chi connectivity index (χ0) is 27.9. The number of halogens is 1. The molecule has 2 aromatic heterocycles. The van der Waals surface area contributed by atoms with E-state index in [1.54, 1.807) is 42.7 Å². The summed E-state index contributed by atoms with van der Waals surface area (Å²) in [5.74, 6) is 0.689. The van der Waals surface area contributed by atoms with Crippen molar-refractivity contribution >= 4 is 34.4 Å². The van der Waals surface area contributed by atoms with Gasteiger partial charge in [0.25, 0.3) is 5.56 Å². The summed E-state index contributed by atoms with van der Waals surface area (Å²) in [7, 11) is 1.56. The third-order valence-electron chi connectivity index (χ3n) is 7.51. The number of aromatic nitrogens is 1. The number of aryl methyl sites for hydroxylation is 1. The minimum Gasteiger partial charge on any atom is -0.493 e. The highest BCUT2D eigenvalue weighted by Gasteiger charge is 2.33. The fourth-order valence-electron chi connectivity index (χ4n) is 5.53. The van der Waals surface area contributed by atoms with Crippen LogP contribution in [0.1, 0.15) is 39.6 Å². The van der Waals surface area contributed by atoms with Gasteiger partial charge in [-0.15, -0.1) is 11.3 Å². The monoisotopic (exact) mass is 580 g/mol. The van der Waals surface area contributed by atoms with Gasteiger partial charge in [-0.25, -0.2) is 9.38 Å². The van der Waals surface area contributed by atoms with Crippen LogP contribution in [0.5, 0.6) is 11.5 Å². The van der Waals surface area contributed by atoms with E-state index >= 15 is 0 Å². The topological polar surface area (TPSA) is 52.8 Å². The predicted molar refractivity (Wildman–Crippen MR) is 161 cm³/mol. The number of nitrogens with zero attached hydrogens (tertiary/aromatic N) is 2. The fourth-order valence-corrected chi connectivity index (χ4v) is 7.38. The Morgan fingerprint density at radius 1 is 1.02 bits per heavy atom. The molecule has 0 N–H and O–H groups in total. The normalized spacial score (nSPS) is 16.0. The Morgan fingerprint density at radius 2 is 1.88 bits per heavy atom. The molecule has 1 aliphatic heterocycles. The van der Waals surface area contributed by atoms with Gasteiger partial charge in [0.15, 0.2) is 16.3 Å². The Labute approximate surface area is 243 Å². The van der Waals surface area contributed by atoms with Crippen molar-refractivity contribution in [2.75, 3.05) is 7.11 Å². The van der Waals surface area contributed by atoms with E-state index < -0.39 is 0 Å². The Kier molecular flexibility index (Phi) is 6.65. The maximum absolute atomic E-state index is 14.0. The van der Waals surface area contributed by atoms with Crippen molar-refractivity contribution in [3.05, 3.63) is 142 Å². The number of rotatable bonds is 6. The fraction of sp³-hybridized carbons (Fsp3) is 0.152. The number of ether oxygens (including phenoxy) is 2. The maximum Gasteiger partial charge on any atom is 0.271 e. The summed E-state index contributed by atoms with van der Waals surface area (Å²) in [5, 5.41) is 2.06. The van der Waals surface area contributed by atoms with Crippen molar-refractivity contribution < 1.29 is 13.9 Å². The molecule has 0 saturated carbocycles. The zero-order valence-electron chi connectivity index (χ0n) is 22.2. The van der Waals surface area contributed by atoms with Crippen molar-refractivity contribution in [2.24, 2.45) is 4.99 Å². The number of methoxy groups -OCH3 is 1. The highest BCUT2D eigenvalue weighted by molar-refractivity contribution is 7.10. The van der Waals surface area contributed by atoms with Gasteiger partial charge in [0, 0.05) is 16.0 Å². The maximum atomic E-state index is 14.0. The van der Waals surface area contributed by atoms with Crippen LogP contribution in [0.4, 0.5) is 4.39 Å². The third-order valence-corrected chi connectivity index (χ3v) is 9.42. The molecule has 204 valence electrons. The summed E-state index contributed by atoms with van der Waals surface area (Å²) >= 11 is 3.07. The van der Waals surface area contributed by atoms with Crippen molar-refractivity contribution in [3.8, 4) is 11.5 Å². The first-order valence-electron chi connectivity index (χ1n) is 13.3. The molecule has 1 aliphatic carbocycles. The van der Waals surface area contributed by atoms with Gasteiger partial charge in [0.2, 0.25) is 0 Å². The van der Waals surface area contributed by atoms with Gasteiger partial charge in [-0.05, 0) is 65.3 Å². The van der Waals surface area contributed by atoms with Crippen LogP contribution in [-0.4, -0.2) is 11.7 Å². The van der Waals surface area contributed by atoms with Crippen LogP contribution >= 0.6 is 22.7 Å². The summed E-state index contributed by atoms with van der Waals surface area (Å²) < 4.78 is 27.9. The van der Waals surface area contributed by atoms with E-state index in [9.17, 15) is 9.18 Å². The van der Waals surface area contributed by atoms with Crippen LogP contribution < -0.4 is 24.4 Å². The zero-order valence-corrected chi connectivity index (χ0v) is 23.8. The molecular weight excluding hydrogens is 556 g/mol. The van der Waals surface area contributed by atoms with Gasteiger partial charge in [0.1, 0.15) is 12.4 Å². The van der Waals surface area contributed by atoms with Gasteiger partial charge in [0.05, 0.1) is 23.4 Å². The van der Waals surface area contributed by atoms with Crippen molar-refractivity contribution in [2.45, 2.75) is 25.5 Å². The Morgan fingerprint density at radius 3 is 2.71 bits per heavy atom. The van der Waals surface area contributed by atoms with Gasteiger partial charge in [-0.2, -0.15) is 0 Å². The SMILES string of the molecule is COc1cc(C=c2sc3n(c2=O)[C@H](c2cccs2)C2=C(N=3)c3ccccc3CC2)ccc1OCc1ccccc1F. The second-order valence-corrected chi connectivity index (χ2v) is 11.9. The molecular formula is C33H25FN2O3S2. The second kappa shape index (κ2) is 10.6. The van der Waals surface area contributed by atoms with Gasteiger partial charge >= 0.3 is 0 Å². The smallest absolute Gasteiger partial charge is 0.271 e. The Bertz CT molecular complexity index is 1990. The summed E-state index contributed by atoms with van der Waals surface area (Å²) in [4.78, 5) is 20.8. The first-order chi connectivity index (χ1) is 20.1. The lowest BCUT2D eigenvalue weighted by Gasteiger charge is -2.30. The Hall–Kier alpha value is -4.27. The first kappa shape index (κ1) is 25.7. The average Bonchev–Trinajstić information content (AvgIpc) is 3.64. The van der Waals surface area contributed by atoms with Gasteiger partial charge < -0.3 is 9.47 Å². The van der Waals surface area contributed by atoms with E-state index in [4.69, 9.17) is 14.5 Å². The van der Waals surface area contributed by atoms with Crippen molar-refractivity contribution in [1.82, 2.24) is 4.57 Å². The molecule has 0 fully saturated rings. The van der Waals surface area contributed by atoms with Crippen LogP contribution in [0.3, 0.4) is 0 Å². The predicted octanol–water partition coefficient (Wildman–Crippen LogP) is 6.11. The quantitative estimate of drug-likeness (QED) is 0.244. The lowest BCUT2D eigenvalue weighted by molar-refractivity contribution is 0.279. The van der Waals surface area contributed by atoms with E-state index in [0.717, 1.165) is 34.5 Å². The van der Waals surface area contributed by atoms with Crippen molar-refractivity contribution in [1.29, 1.82) is 0 Å². The molecule has 41 heavy (non-hydrogen) atoms. The molecule has 2 aliphatic rings. The standard InChI is InChI=1S/C33H25FN2O3S2/c1-38-27-17-20(12-15-26(27)39-19-22-8-3-5-10-25(22)34)18-29-32(37)36-31(28-11-6-16-40-28)24-14-13-21-7-2-4-9-23(21)30(24)35-33(36)41-29/h2-12,15-18,31H,13-14,19H2,1H3/t31-/m0/s1. The molecule has 0 unspecified atom stereocenters. The highest BCUT2D eigenvalue weighted by Crippen LogP contribution is 2.42. The minimum absolute atomic E-state index is 0.0589. The van der Waals surface area contributed by atoms with Crippen molar-refractivity contribution in [3.63, 3.8) is 0 Å². The molecule has 0 spiro atoms. The van der Waals surface area contributed by atoms with E-state index in [2.05, 4.69) is 35.7 Å². The minimum atomic E-state index is -0.315. The number of hydrogen-bond donors (Lipinski definition) is 0. The molecule has 7 rings (SSSR count). The molecule has 5 aromatic rings. The molecule has 0 radical (unpaired) electrons. The van der Waals surface area contributed by atoms with Crippen LogP contribution in [0, 0.1) is 5.82 Å². The second-order valence-electron chi connectivity index (χ2n) is 9.92. The Balaban J connectivity index is 1.29. The average molecular weight is 581 g/mol. The molecule has 3 heterocycles. The summed E-state index contributed by atoms with van der Waals surface area (Å²) in [6, 6.07) is 24.4. The van der Waals surface area contributed by atoms with E-state index in [1.807, 2.05) is 28.8 Å². The molecule has 5 nitrogen and oxygen atoms in total. The van der Waals surface area contributed by atoms with E-state index in [1.165, 1.54) is 28.5 Å². The third kappa shape index (κ3) is 4.63. The number of thiophene rings is 1.